The van der Waals surface area contributed by atoms with Gasteiger partial charge in [-0.15, -0.1) is 23.2 Å². The second kappa shape index (κ2) is 11.4. The highest BCUT2D eigenvalue weighted by Crippen LogP contribution is 2.30. The first kappa shape index (κ1) is 20.9. The molecule has 1 rings (SSSR count). The summed E-state index contributed by atoms with van der Waals surface area (Å²) >= 11 is 11.8. The lowest BCUT2D eigenvalue weighted by Crippen LogP contribution is -2.32. The van der Waals surface area contributed by atoms with Gasteiger partial charge in [0.25, 0.3) is 0 Å². The number of carboxylic acids is 1. The number of nitrogens with two attached hydrogens (primary N) is 1. The zero-order chi connectivity index (χ0) is 17.9. The van der Waals surface area contributed by atoms with Crippen LogP contribution < -0.4 is 15.4 Å². The van der Waals surface area contributed by atoms with Crippen molar-refractivity contribution in [3.05, 3.63) is 23.8 Å². The van der Waals surface area contributed by atoms with Gasteiger partial charge < -0.3 is 20.5 Å². The standard InChI is InChI=1S/C17H26Cl2N2O3/c1-2-3-10-24-16-5-4-13(11-14(20)17(22)23)12-15(16)21(8-6-18)9-7-19/h4-5,12,14H,2-3,6-11,20H2,1H3,(H,22,23)/t14-/m1/s1. The van der Waals surface area contributed by atoms with Crippen molar-refractivity contribution in [2.45, 2.75) is 32.2 Å². The van der Waals surface area contributed by atoms with Crippen LogP contribution in [0.4, 0.5) is 5.69 Å². The predicted molar refractivity (Wildman–Crippen MR) is 99.8 cm³/mol. The van der Waals surface area contributed by atoms with Crippen LogP contribution in [0.15, 0.2) is 18.2 Å². The SMILES string of the molecule is CCCCOc1ccc(C[C@@H](N)C(=O)O)cc1N(CCCl)CCCl. The minimum Gasteiger partial charge on any atom is -0.491 e. The van der Waals surface area contributed by atoms with Gasteiger partial charge in [-0.05, 0) is 30.5 Å². The summed E-state index contributed by atoms with van der Waals surface area (Å²) in [5, 5.41) is 8.99. The van der Waals surface area contributed by atoms with E-state index in [1.54, 1.807) is 0 Å². The summed E-state index contributed by atoms with van der Waals surface area (Å²) in [5.41, 5.74) is 7.36. The summed E-state index contributed by atoms with van der Waals surface area (Å²) in [6.07, 6.45) is 2.28. The average Bonchev–Trinajstić information content (AvgIpc) is 2.56. The molecular weight excluding hydrogens is 351 g/mol. The Bertz CT molecular complexity index is 509. The monoisotopic (exact) mass is 376 g/mol. The second-order valence-corrected chi connectivity index (χ2v) is 6.27. The molecule has 0 saturated heterocycles. The fourth-order valence-electron chi connectivity index (χ4n) is 2.28. The number of ether oxygens (including phenoxy) is 1. The van der Waals surface area contributed by atoms with Gasteiger partial charge in [0, 0.05) is 24.8 Å². The summed E-state index contributed by atoms with van der Waals surface area (Å²) < 4.78 is 5.88. The molecule has 0 fully saturated rings. The first-order valence-electron chi connectivity index (χ1n) is 8.14. The third kappa shape index (κ3) is 6.75. The van der Waals surface area contributed by atoms with Crippen LogP contribution >= 0.6 is 23.2 Å². The Kier molecular flexibility index (Phi) is 9.91. The molecule has 0 aliphatic rings. The molecule has 0 aromatic heterocycles. The maximum atomic E-state index is 11.0. The largest absolute Gasteiger partial charge is 0.491 e. The van der Waals surface area contributed by atoms with Crippen molar-refractivity contribution in [3.8, 4) is 5.75 Å². The van der Waals surface area contributed by atoms with Crippen molar-refractivity contribution in [1.82, 2.24) is 0 Å². The predicted octanol–water partition coefficient (Wildman–Crippen LogP) is 3.10. The third-order valence-electron chi connectivity index (χ3n) is 3.60. The quantitative estimate of drug-likeness (QED) is 0.432. The summed E-state index contributed by atoms with van der Waals surface area (Å²) in [5.74, 6) is 0.665. The molecule has 0 aliphatic carbocycles. The van der Waals surface area contributed by atoms with Crippen LogP contribution in [0.25, 0.3) is 0 Å². The van der Waals surface area contributed by atoms with Crippen molar-refractivity contribution in [3.63, 3.8) is 0 Å². The molecule has 136 valence electrons. The maximum absolute atomic E-state index is 11.0. The van der Waals surface area contributed by atoms with E-state index < -0.39 is 12.0 Å². The van der Waals surface area contributed by atoms with Crippen molar-refractivity contribution >= 4 is 34.9 Å². The second-order valence-electron chi connectivity index (χ2n) is 5.52. The van der Waals surface area contributed by atoms with Crippen molar-refractivity contribution < 1.29 is 14.6 Å². The smallest absolute Gasteiger partial charge is 0.320 e. The molecule has 0 aliphatic heterocycles. The molecule has 3 N–H and O–H groups in total. The third-order valence-corrected chi connectivity index (χ3v) is 3.94. The molecule has 0 bridgehead atoms. The van der Waals surface area contributed by atoms with Gasteiger partial charge in [0.1, 0.15) is 11.8 Å². The van der Waals surface area contributed by atoms with Gasteiger partial charge in [0.15, 0.2) is 0 Å². The van der Waals surface area contributed by atoms with Gasteiger partial charge in [-0.1, -0.05) is 19.4 Å². The Morgan fingerprint density at radius 1 is 1.33 bits per heavy atom. The Morgan fingerprint density at radius 2 is 2.00 bits per heavy atom. The number of halogens is 2. The number of hydrogen-bond acceptors (Lipinski definition) is 4. The van der Waals surface area contributed by atoms with Gasteiger partial charge in [-0.2, -0.15) is 0 Å². The van der Waals surface area contributed by atoms with Gasteiger partial charge in [0.05, 0.1) is 12.3 Å². The van der Waals surface area contributed by atoms with Crippen LogP contribution in [-0.2, 0) is 11.2 Å². The lowest BCUT2D eigenvalue weighted by molar-refractivity contribution is -0.138. The van der Waals surface area contributed by atoms with E-state index in [1.165, 1.54) is 0 Å². The molecule has 0 saturated carbocycles. The minimum atomic E-state index is -1.02. The lowest BCUT2D eigenvalue weighted by atomic mass is 10.0. The molecule has 24 heavy (non-hydrogen) atoms. The zero-order valence-corrected chi connectivity index (χ0v) is 15.5. The van der Waals surface area contributed by atoms with Crippen LogP contribution in [0, 0.1) is 0 Å². The van der Waals surface area contributed by atoms with Crippen molar-refractivity contribution in [2.24, 2.45) is 5.73 Å². The molecule has 0 heterocycles. The highest BCUT2D eigenvalue weighted by atomic mass is 35.5. The van der Waals surface area contributed by atoms with E-state index >= 15 is 0 Å². The fourth-order valence-corrected chi connectivity index (χ4v) is 2.69. The molecule has 1 atom stereocenters. The van der Waals surface area contributed by atoms with Crippen LogP contribution in [0.5, 0.6) is 5.75 Å². The number of anilines is 1. The number of unbranched alkanes of at least 4 members (excludes halogenated alkanes) is 1. The number of rotatable bonds is 12. The van der Waals surface area contributed by atoms with Gasteiger partial charge in [-0.25, -0.2) is 0 Å². The average molecular weight is 377 g/mol. The molecule has 0 unspecified atom stereocenters. The first-order chi connectivity index (χ1) is 11.5. The molecular formula is C17H26Cl2N2O3. The molecule has 5 nitrogen and oxygen atoms in total. The molecule has 7 heteroatoms. The number of carboxylic acid groups (broad SMARTS) is 1. The van der Waals surface area contributed by atoms with E-state index in [9.17, 15) is 4.79 Å². The molecule has 0 spiro atoms. The Morgan fingerprint density at radius 3 is 2.54 bits per heavy atom. The van der Waals surface area contributed by atoms with Crippen molar-refractivity contribution in [1.29, 1.82) is 0 Å². The number of carbonyl (C=O) groups is 1. The van der Waals surface area contributed by atoms with Crippen LogP contribution in [0.2, 0.25) is 0 Å². The van der Waals surface area contributed by atoms with Crippen LogP contribution in [0.1, 0.15) is 25.3 Å². The fraction of sp³-hybridized carbons (Fsp3) is 0.588. The highest BCUT2D eigenvalue weighted by molar-refractivity contribution is 6.18. The number of aliphatic carboxylic acids is 1. The van der Waals surface area contributed by atoms with E-state index in [0.717, 1.165) is 29.8 Å². The number of hydrogen-bond donors (Lipinski definition) is 2. The topological polar surface area (TPSA) is 75.8 Å². The Hall–Kier alpha value is -1.17. The summed E-state index contributed by atoms with van der Waals surface area (Å²) in [4.78, 5) is 13.0. The minimum absolute atomic E-state index is 0.257. The first-order valence-corrected chi connectivity index (χ1v) is 9.21. The summed E-state index contributed by atoms with van der Waals surface area (Å²) in [6.45, 7) is 4.00. The number of nitrogens with zero attached hydrogens (tertiary/aromatic N) is 1. The van der Waals surface area contributed by atoms with Gasteiger partial charge in [-0.3, -0.25) is 4.79 Å². The molecule has 1 aromatic rings. The highest BCUT2D eigenvalue weighted by Gasteiger charge is 2.16. The van der Waals surface area contributed by atoms with Gasteiger partial charge >= 0.3 is 5.97 Å². The van der Waals surface area contributed by atoms with E-state index in [1.807, 2.05) is 18.2 Å². The summed E-state index contributed by atoms with van der Waals surface area (Å²) in [7, 11) is 0. The van der Waals surface area contributed by atoms with E-state index in [2.05, 4.69) is 11.8 Å². The van der Waals surface area contributed by atoms with E-state index in [0.29, 0.717) is 31.5 Å². The van der Waals surface area contributed by atoms with Gasteiger partial charge in [0.2, 0.25) is 0 Å². The molecule has 0 amide bonds. The summed E-state index contributed by atoms with van der Waals surface area (Å²) in [6, 6.07) is 4.71. The maximum Gasteiger partial charge on any atom is 0.320 e. The Labute approximate surface area is 153 Å². The van der Waals surface area contributed by atoms with Crippen molar-refractivity contribution in [2.75, 3.05) is 36.4 Å². The van der Waals surface area contributed by atoms with Crippen LogP contribution in [-0.4, -0.2) is 48.6 Å². The normalized spacial score (nSPS) is 12.0. The number of benzene rings is 1. The molecule has 0 radical (unpaired) electrons. The zero-order valence-electron chi connectivity index (χ0n) is 14.0. The Balaban J connectivity index is 3.06. The number of alkyl halides is 2. The van der Waals surface area contributed by atoms with Crippen LogP contribution in [0.3, 0.4) is 0 Å². The van der Waals surface area contributed by atoms with E-state index in [-0.39, 0.29) is 6.42 Å². The lowest BCUT2D eigenvalue weighted by Gasteiger charge is -2.26. The molecule has 1 aromatic carbocycles. The van der Waals surface area contributed by atoms with E-state index in [4.69, 9.17) is 38.8 Å².